The number of hydrogen-bond donors (Lipinski definition) is 0. The number of rotatable bonds is 2. The van der Waals surface area contributed by atoms with Gasteiger partial charge in [0, 0.05) is 0 Å². The summed E-state index contributed by atoms with van der Waals surface area (Å²) in [5, 5.41) is 0. The fourth-order valence-electron chi connectivity index (χ4n) is 6.32. The highest BCUT2D eigenvalue weighted by atomic mass is 14.2. The van der Waals surface area contributed by atoms with Crippen LogP contribution >= 0.6 is 0 Å². The van der Waals surface area contributed by atoms with Gasteiger partial charge in [0.25, 0.3) is 0 Å². The van der Waals surface area contributed by atoms with E-state index in [0.717, 1.165) is 0 Å². The highest BCUT2D eigenvalue weighted by Crippen LogP contribution is 2.23. The van der Waals surface area contributed by atoms with Crippen molar-refractivity contribution >= 4 is 46.2 Å². The molecular weight excluding hydrogens is 454 g/mol. The van der Waals surface area contributed by atoms with Gasteiger partial charge in [-0.1, -0.05) is 191 Å². The van der Waals surface area contributed by atoms with Crippen molar-refractivity contribution in [2.45, 2.75) is 0 Å². The van der Waals surface area contributed by atoms with Crippen molar-refractivity contribution in [3.8, 4) is 22.3 Å². The highest BCUT2D eigenvalue weighted by Gasteiger charge is 2.33. The third-order valence-electron chi connectivity index (χ3n) is 7.93. The van der Waals surface area contributed by atoms with E-state index in [0.29, 0.717) is 13.4 Å². The molecule has 0 spiro atoms. The fourth-order valence-corrected chi connectivity index (χ4v) is 6.32. The van der Waals surface area contributed by atoms with E-state index in [9.17, 15) is 0 Å². The Bertz CT molecular complexity index is 1500. The molecule has 0 fully saturated rings. The summed E-state index contributed by atoms with van der Waals surface area (Å²) in [6, 6.07) is 56.6. The number of hydrogen-bond acceptors (Lipinski definition) is 0. The predicted octanol–water partition coefficient (Wildman–Crippen LogP) is 4.37. The molecule has 0 amide bonds. The Kier molecular flexibility index (Phi) is 5.79. The molecule has 0 radical (unpaired) electrons. The van der Waals surface area contributed by atoms with Gasteiger partial charge in [-0.25, -0.2) is 0 Å². The average molecular weight is 480 g/mol. The Hall–Kier alpha value is -4.55. The molecule has 2 aliphatic heterocycles. The van der Waals surface area contributed by atoms with Crippen molar-refractivity contribution in [2.75, 3.05) is 0 Å². The van der Waals surface area contributed by atoms with E-state index in [1.165, 1.54) is 55.0 Å². The monoisotopic (exact) mass is 480 g/mol. The first kappa shape index (κ1) is 22.6. The standard InChI is InChI=1S/2C18H13B/c2*1-2-8-14(9-3-1)19-17-12-6-4-10-15(17)16-11-5-7-13-18(16)19/h2*1-13H. The first-order valence-corrected chi connectivity index (χ1v) is 13.4. The molecular formula is C36H26B2. The summed E-state index contributed by atoms with van der Waals surface area (Å²) in [5.41, 5.74) is 14.0. The molecule has 2 heteroatoms. The second-order valence-corrected chi connectivity index (χ2v) is 10.0. The molecule has 176 valence electrons. The van der Waals surface area contributed by atoms with Crippen LogP contribution < -0.4 is 32.8 Å². The molecule has 6 aromatic rings. The summed E-state index contributed by atoms with van der Waals surface area (Å²) in [4.78, 5) is 0. The summed E-state index contributed by atoms with van der Waals surface area (Å²) in [5.74, 6) is 0. The van der Waals surface area contributed by atoms with Crippen LogP contribution in [-0.2, 0) is 0 Å². The van der Waals surface area contributed by atoms with E-state index in [4.69, 9.17) is 0 Å². The maximum Gasteiger partial charge on any atom is 0.242 e. The van der Waals surface area contributed by atoms with Crippen LogP contribution in [0.25, 0.3) is 22.3 Å². The third kappa shape index (κ3) is 3.81. The molecule has 0 nitrogen and oxygen atoms in total. The second kappa shape index (κ2) is 9.72. The van der Waals surface area contributed by atoms with Gasteiger partial charge in [-0.15, -0.1) is 0 Å². The van der Waals surface area contributed by atoms with E-state index in [1.807, 2.05) is 0 Å². The van der Waals surface area contributed by atoms with Gasteiger partial charge in [0.15, 0.2) is 0 Å². The lowest BCUT2D eigenvalue weighted by molar-refractivity contribution is 1.71. The van der Waals surface area contributed by atoms with Gasteiger partial charge in [0.1, 0.15) is 0 Å². The van der Waals surface area contributed by atoms with Gasteiger partial charge in [0.2, 0.25) is 13.4 Å². The highest BCUT2D eigenvalue weighted by molar-refractivity contribution is 6.99. The third-order valence-corrected chi connectivity index (χ3v) is 7.93. The molecule has 6 aromatic carbocycles. The normalized spacial score (nSPS) is 12.1. The van der Waals surface area contributed by atoms with Crippen LogP contribution in [0.2, 0.25) is 0 Å². The van der Waals surface area contributed by atoms with Crippen LogP contribution in [0.5, 0.6) is 0 Å². The van der Waals surface area contributed by atoms with E-state index in [2.05, 4.69) is 158 Å². The zero-order valence-corrected chi connectivity index (χ0v) is 21.2. The number of fused-ring (bicyclic) bond motifs is 6. The van der Waals surface area contributed by atoms with Crippen LogP contribution in [0.4, 0.5) is 0 Å². The van der Waals surface area contributed by atoms with Crippen molar-refractivity contribution in [1.82, 2.24) is 0 Å². The molecule has 0 aliphatic carbocycles. The first-order chi connectivity index (χ1) is 18.9. The minimum Gasteiger partial charge on any atom is -0.0686 e. The van der Waals surface area contributed by atoms with Crippen molar-refractivity contribution in [3.05, 3.63) is 158 Å². The summed E-state index contributed by atoms with van der Waals surface area (Å²) < 4.78 is 0. The molecule has 0 unspecified atom stereocenters. The van der Waals surface area contributed by atoms with E-state index in [1.54, 1.807) is 0 Å². The molecule has 38 heavy (non-hydrogen) atoms. The molecule has 2 heterocycles. The lowest BCUT2D eigenvalue weighted by atomic mass is 9.39. The van der Waals surface area contributed by atoms with Gasteiger partial charge in [0.05, 0.1) is 0 Å². The summed E-state index contributed by atoms with van der Waals surface area (Å²) in [7, 11) is 0. The quantitative estimate of drug-likeness (QED) is 0.323. The Morgan fingerprint density at radius 1 is 0.237 bits per heavy atom. The Morgan fingerprint density at radius 2 is 0.474 bits per heavy atom. The smallest absolute Gasteiger partial charge is 0.0686 e. The number of benzene rings is 6. The molecule has 2 aliphatic rings. The lowest BCUT2D eigenvalue weighted by Crippen LogP contribution is -2.48. The largest absolute Gasteiger partial charge is 0.242 e. The van der Waals surface area contributed by atoms with E-state index < -0.39 is 0 Å². The van der Waals surface area contributed by atoms with Crippen LogP contribution in [0.15, 0.2) is 158 Å². The minimum absolute atomic E-state index is 0.383. The van der Waals surface area contributed by atoms with Gasteiger partial charge >= 0.3 is 0 Å². The van der Waals surface area contributed by atoms with Gasteiger partial charge < -0.3 is 0 Å². The van der Waals surface area contributed by atoms with Crippen LogP contribution in [0, 0.1) is 0 Å². The maximum absolute atomic E-state index is 2.26. The SMILES string of the molecule is c1ccc(B2c3ccccc3-c3ccccc32)cc1.c1ccc(B2c3ccccc3-c3ccccc32)cc1. The first-order valence-electron chi connectivity index (χ1n) is 13.4. The lowest BCUT2D eigenvalue weighted by Gasteiger charge is -2.10. The van der Waals surface area contributed by atoms with Gasteiger partial charge in [-0.3, -0.25) is 0 Å². The Labute approximate surface area is 225 Å². The van der Waals surface area contributed by atoms with E-state index >= 15 is 0 Å². The Morgan fingerprint density at radius 3 is 0.763 bits per heavy atom. The molecule has 0 bridgehead atoms. The predicted molar refractivity (Wildman–Crippen MR) is 166 cm³/mol. The summed E-state index contributed by atoms with van der Waals surface area (Å²) in [6.45, 7) is 0.766. The summed E-state index contributed by atoms with van der Waals surface area (Å²) >= 11 is 0. The molecule has 0 N–H and O–H groups in total. The van der Waals surface area contributed by atoms with E-state index in [-0.39, 0.29) is 0 Å². The summed E-state index contributed by atoms with van der Waals surface area (Å²) in [6.07, 6.45) is 0. The van der Waals surface area contributed by atoms with Crippen molar-refractivity contribution in [3.63, 3.8) is 0 Å². The van der Waals surface area contributed by atoms with Crippen LogP contribution in [0.3, 0.4) is 0 Å². The van der Waals surface area contributed by atoms with Crippen molar-refractivity contribution in [1.29, 1.82) is 0 Å². The Balaban J connectivity index is 0.000000127. The molecule has 0 saturated heterocycles. The van der Waals surface area contributed by atoms with Crippen molar-refractivity contribution in [2.24, 2.45) is 0 Å². The van der Waals surface area contributed by atoms with Gasteiger partial charge in [-0.05, 0) is 22.3 Å². The fraction of sp³-hybridized carbons (Fsp3) is 0. The average Bonchev–Trinajstić information content (AvgIpc) is 3.52. The van der Waals surface area contributed by atoms with Gasteiger partial charge in [-0.2, -0.15) is 0 Å². The minimum atomic E-state index is 0.383. The molecule has 0 atom stereocenters. The zero-order chi connectivity index (χ0) is 25.3. The molecule has 0 aromatic heterocycles. The van der Waals surface area contributed by atoms with Crippen LogP contribution in [-0.4, -0.2) is 13.4 Å². The molecule has 0 saturated carbocycles. The zero-order valence-electron chi connectivity index (χ0n) is 21.2. The topological polar surface area (TPSA) is 0 Å². The van der Waals surface area contributed by atoms with Crippen molar-refractivity contribution < 1.29 is 0 Å². The second-order valence-electron chi connectivity index (χ2n) is 10.0. The molecule has 8 rings (SSSR count). The van der Waals surface area contributed by atoms with Crippen LogP contribution in [0.1, 0.15) is 0 Å². The maximum atomic E-state index is 2.26.